The monoisotopic (exact) mass is 393 g/mol. The van der Waals surface area contributed by atoms with E-state index in [2.05, 4.69) is 46.6 Å². The molecule has 1 aromatic heterocycles. The lowest BCUT2D eigenvalue weighted by atomic mass is 10.0. The Hall–Kier alpha value is -3.06. The molecule has 1 aliphatic heterocycles. The van der Waals surface area contributed by atoms with Crippen molar-refractivity contribution in [3.05, 3.63) is 77.1 Å². The van der Waals surface area contributed by atoms with Gasteiger partial charge < -0.3 is 10.2 Å². The van der Waals surface area contributed by atoms with Gasteiger partial charge in [-0.05, 0) is 48.7 Å². The average molecular weight is 393 g/mol. The van der Waals surface area contributed by atoms with Crippen LogP contribution in [0.2, 0.25) is 0 Å². The molecule has 1 unspecified atom stereocenters. The molecular formula is C22H24FN5O. The van der Waals surface area contributed by atoms with Crippen LogP contribution in [-0.2, 0) is 6.42 Å². The minimum atomic E-state index is -0.319. The van der Waals surface area contributed by atoms with Gasteiger partial charge in [0.2, 0.25) is 5.82 Å². The molecule has 1 N–H and O–H groups in total. The van der Waals surface area contributed by atoms with Gasteiger partial charge in [0.05, 0.1) is 11.7 Å². The number of hydrogen-bond acceptors (Lipinski definition) is 4. The predicted octanol–water partition coefficient (Wildman–Crippen LogP) is 3.06. The van der Waals surface area contributed by atoms with E-state index in [1.54, 1.807) is 23.7 Å². The highest BCUT2D eigenvalue weighted by Gasteiger charge is 2.31. The van der Waals surface area contributed by atoms with E-state index in [-0.39, 0.29) is 23.6 Å². The van der Waals surface area contributed by atoms with Crippen molar-refractivity contribution >= 4 is 5.91 Å². The Kier molecular flexibility index (Phi) is 5.40. The summed E-state index contributed by atoms with van der Waals surface area (Å²) in [7, 11) is 0. The molecule has 1 atom stereocenters. The van der Waals surface area contributed by atoms with Crippen LogP contribution in [0.1, 0.15) is 40.5 Å². The van der Waals surface area contributed by atoms with Crippen LogP contribution in [0.25, 0.3) is 5.69 Å². The number of hydrogen-bond donors (Lipinski definition) is 1. The van der Waals surface area contributed by atoms with Crippen molar-refractivity contribution in [2.75, 3.05) is 19.6 Å². The Morgan fingerprint density at radius 1 is 1.17 bits per heavy atom. The smallest absolute Gasteiger partial charge is 0.294 e. The van der Waals surface area contributed by atoms with Gasteiger partial charge in [0.1, 0.15) is 11.6 Å². The van der Waals surface area contributed by atoms with Crippen molar-refractivity contribution in [3.63, 3.8) is 0 Å². The Bertz CT molecular complexity index is 997. The number of amides is 1. The Morgan fingerprint density at radius 3 is 2.59 bits per heavy atom. The summed E-state index contributed by atoms with van der Waals surface area (Å²) in [4.78, 5) is 19.5. The average Bonchev–Trinajstić information content (AvgIpc) is 3.15. The minimum Gasteiger partial charge on any atom is -0.326 e. The SMILES string of the molecule is CCc1ccc(C2CNCCN2C(=O)c2nc(C)n(-c3ccc(F)cc3)n2)cc1. The first-order valence-corrected chi connectivity index (χ1v) is 9.87. The predicted molar refractivity (Wildman–Crippen MR) is 109 cm³/mol. The Morgan fingerprint density at radius 2 is 1.90 bits per heavy atom. The van der Waals surface area contributed by atoms with Crippen molar-refractivity contribution in [1.29, 1.82) is 0 Å². The third-order valence-electron chi connectivity index (χ3n) is 5.31. The topological polar surface area (TPSA) is 63.1 Å². The lowest BCUT2D eigenvalue weighted by Gasteiger charge is -2.36. The number of benzene rings is 2. The van der Waals surface area contributed by atoms with Gasteiger partial charge in [-0.25, -0.2) is 14.1 Å². The van der Waals surface area contributed by atoms with E-state index in [0.29, 0.717) is 24.6 Å². The summed E-state index contributed by atoms with van der Waals surface area (Å²) in [5.41, 5.74) is 3.03. The number of carbonyl (C=O) groups excluding carboxylic acids is 1. The highest BCUT2D eigenvalue weighted by atomic mass is 19.1. The number of aromatic nitrogens is 3. The van der Waals surface area contributed by atoms with Crippen LogP contribution >= 0.6 is 0 Å². The van der Waals surface area contributed by atoms with E-state index >= 15 is 0 Å². The zero-order valence-corrected chi connectivity index (χ0v) is 16.6. The Labute approximate surface area is 169 Å². The maximum absolute atomic E-state index is 13.3. The molecule has 0 aliphatic carbocycles. The number of rotatable bonds is 4. The Balaban J connectivity index is 1.61. The first-order chi connectivity index (χ1) is 14.1. The second-order valence-corrected chi connectivity index (χ2v) is 7.18. The summed E-state index contributed by atoms with van der Waals surface area (Å²) in [5.74, 6) is 0.225. The van der Waals surface area contributed by atoms with Gasteiger partial charge in [0.15, 0.2) is 0 Å². The van der Waals surface area contributed by atoms with E-state index in [4.69, 9.17) is 0 Å². The molecule has 2 aromatic carbocycles. The second kappa shape index (κ2) is 8.13. The molecule has 1 amide bonds. The molecule has 3 aromatic rings. The van der Waals surface area contributed by atoms with E-state index in [9.17, 15) is 9.18 Å². The van der Waals surface area contributed by atoms with E-state index < -0.39 is 0 Å². The highest BCUT2D eigenvalue weighted by molar-refractivity contribution is 5.91. The van der Waals surface area contributed by atoms with Gasteiger partial charge in [0.25, 0.3) is 5.91 Å². The molecule has 1 aliphatic rings. The van der Waals surface area contributed by atoms with Gasteiger partial charge in [-0.15, -0.1) is 5.10 Å². The molecule has 2 heterocycles. The summed E-state index contributed by atoms with van der Waals surface area (Å²) in [6, 6.07) is 14.3. The standard InChI is InChI=1S/C22H24FN5O/c1-3-16-4-6-17(7-5-16)20-14-24-12-13-27(20)22(29)21-25-15(2)28(26-21)19-10-8-18(23)9-11-19/h4-11,20,24H,3,12-14H2,1-2H3. The number of piperazine rings is 1. The molecule has 0 radical (unpaired) electrons. The van der Waals surface area contributed by atoms with Gasteiger partial charge in [-0.2, -0.15) is 0 Å². The number of nitrogens with zero attached hydrogens (tertiary/aromatic N) is 4. The molecule has 150 valence electrons. The molecule has 4 rings (SSSR count). The maximum Gasteiger partial charge on any atom is 0.294 e. The summed E-state index contributed by atoms with van der Waals surface area (Å²) in [5, 5.41) is 7.78. The van der Waals surface area contributed by atoms with Crippen LogP contribution in [0.3, 0.4) is 0 Å². The fraction of sp³-hybridized carbons (Fsp3) is 0.318. The van der Waals surface area contributed by atoms with Crippen LogP contribution in [0.5, 0.6) is 0 Å². The number of halogens is 1. The summed E-state index contributed by atoms with van der Waals surface area (Å²) in [6.07, 6.45) is 0.982. The van der Waals surface area contributed by atoms with Crippen molar-refractivity contribution in [2.45, 2.75) is 26.3 Å². The van der Waals surface area contributed by atoms with Crippen LogP contribution in [0, 0.1) is 12.7 Å². The fourth-order valence-corrected chi connectivity index (χ4v) is 3.66. The third kappa shape index (κ3) is 3.91. The summed E-state index contributed by atoms with van der Waals surface area (Å²) in [6.45, 7) is 5.91. The van der Waals surface area contributed by atoms with Crippen LogP contribution in [0.15, 0.2) is 48.5 Å². The molecule has 6 nitrogen and oxygen atoms in total. The van der Waals surface area contributed by atoms with Crippen molar-refractivity contribution < 1.29 is 9.18 Å². The fourth-order valence-electron chi connectivity index (χ4n) is 3.66. The van der Waals surface area contributed by atoms with E-state index in [1.807, 2.05) is 4.90 Å². The molecular weight excluding hydrogens is 369 g/mol. The van der Waals surface area contributed by atoms with Crippen molar-refractivity contribution in [1.82, 2.24) is 25.0 Å². The first kappa shape index (κ1) is 19.3. The molecule has 0 saturated carbocycles. The molecule has 0 bridgehead atoms. The lowest BCUT2D eigenvalue weighted by molar-refractivity contribution is 0.0621. The molecule has 29 heavy (non-hydrogen) atoms. The quantitative estimate of drug-likeness (QED) is 0.740. The van der Waals surface area contributed by atoms with Gasteiger partial charge in [-0.1, -0.05) is 31.2 Å². The van der Waals surface area contributed by atoms with Gasteiger partial charge in [-0.3, -0.25) is 4.79 Å². The van der Waals surface area contributed by atoms with Crippen molar-refractivity contribution in [2.24, 2.45) is 0 Å². The first-order valence-electron chi connectivity index (χ1n) is 9.87. The van der Waals surface area contributed by atoms with Gasteiger partial charge in [0, 0.05) is 19.6 Å². The largest absolute Gasteiger partial charge is 0.326 e. The number of aryl methyl sites for hydroxylation is 2. The van der Waals surface area contributed by atoms with E-state index in [1.165, 1.54) is 17.7 Å². The molecule has 7 heteroatoms. The van der Waals surface area contributed by atoms with Crippen molar-refractivity contribution in [3.8, 4) is 5.69 Å². The molecule has 0 spiro atoms. The van der Waals surface area contributed by atoms with Gasteiger partial charge >= 0.3 is 0 Å². The second-order valence-electron chi connectivity index (χ2n) is 7.18. The van der Waals surface area contributed by atoms with Crippen LogP contribution in [-0.4, -0.2) is 45.2 Å². The third-order valence-corrected chi connectivity index (χ3v) is 5.31. The molecule has 1 fully saturated rings. The highest BCUT2D eigenvalue weighted by Crippen LogP contribution is 2.24. The number of carbonyl (C=O) groups is 1. The number of nitrogens with one attached hydrogen (secondary N) is 1. The lowest BCUT2D eigenvalue weighted by Crippen LogP contribution is -2.49. The molecule has 1 saturated heterocycles. The minimum absolute atomic E-state index is 0.0692. The summed E-state index contributed by atoms with van der Waals surface area (Å²) < 4.78 is 14.8. The summed E-state index contributed by atoms with van der Waals surface area (Å²) >= 11 is 0. The zero-order chi connectivity index (χ0) is 20.4. The van der Waals surface area contributed by atoms with Crippen LogP contribution in [0.4, 0.5) is 4.39 Å². The van der Waals surface area contributed by atoms with Crippen LogP contribution < -0.4 is 5.32 Å². The normalized spacial score (nSPS) is 16.8. The van der Waals surface area contributed by atoms with E-state index in [0.717, 1.165) is 18.5 Å². The maximum atomic E-state index is 13.3. The zero-order valence-electron chi connectivity index (χ0n) is 16.6.